The fourth-order valence-electron chi connectivity index (χ4n) is 2.78. The van der Waals surface area contributed by atoms with E-state index in [-0.39, 0.29) is 17.7 Å². The molecule has 2 rings (SSSR count). The van der Waals surface area contributed by atoms with Gasteiger partial charge >= 0.3 is 0 Å². The minimum absolute atomic E-state index is 0.0630. The highest BCUT2D eigenvalue weighted by Gasteiger charge is 2.16. The summed E-state index contributed by atoms with van der Waals surface area (Å²) in [6, 6.07) is 4.98. The first-order valence-electron chi connectivity index (χ1n) is 7.39. The molecule has 1 aliphatic heterocycles. The van der Waals surface area contributed by atoms with Crippen LogP contribution in [0.15, 0.2) is 18.2 Å². The van der Waals surface area contributed by atoms with Crippen molar-refractivity contribution in [2.24, 2.45) is 0 Å². The molecule has 4 nitrogen and oxygen atoms in total. The zero-order valence-corrected chi connectivity index (χ0v) is 12.4. The summed E-state index contributed by atoms with van der Waals surface area (Å²) in [5.74, 6) is 0.132. The third kappa shape index (κ3) is 3.97. The molecular weight excluding hydrogens is 252 g/mol. The van der Waals surface area contributed by atoms with Crippen molar-refractivity contribution in [3.63, 3.8) is 0 Å². The molecule has 0 spiro atoms. The molecule has 1 heterocycles. The van der Waals surface area contributed by atoms with Crippen LogP contribution in [0.3, 0.4) is 0 Å². The van der Waals surface area contributed by atoms with Crippen LogP contribution in [0.5, 0.6) is 5.75 Å². The summed E-state index contributed by atoms with van der Waals surface area (Å²) >= 11 is 0. The molecule has 1 aliphatic rings. The zero-order valence-electron chi connectivity index (χ0n) is 12.4. The summed E-state index contributed by atoms with van der Waals surface area (Å²) < 4.78 is 0. The van der Waals surface area contributed by atoms with Gasteiger partial charge in [-0.2, -0.15) is 0 Å². The van der Waals surface area contributed by atoms with Crippen molar-refractivity contribution in [3.8, 4) is 5.75 Å². The number of carbonyl (C=O) groups is 1. The number of hydrogen-bond acceptors (Lipinski definition) is 3. The number of phenolic OH excluding ortho intramolecular Hbond substituents is 1. The van der Waals surface area contributed by atoms with Crippen LogP contribution in [0.1, 0.15) is 42.1 Å². The molecule has 0 aliphatic carbocycles. The number of benzene rings is 1. The van der Waals surface area contributed by atoms with Gasteiger partial charge in [-0.3, -0.25) is 4.79 Å². The van der Waals surface area contributed by atoms with E-state index in [1.165, 1.54) is 19.3 Å². The van der Waals surface area contributed by atoms with E-state index in [0.29, 0.717) is 5.56 Å². The summed E-state index contributed by atoms with van der Waals surface area (Å²) in [5.41, 5.74) is 1.43. The molecule has 20 heavy (non-hydrogen) atoms. The standard InChI is InChI=1S/C16H24N2O2/c1-12-10-14(19)6-7-15(12)16(20)17-13(2)11-18-8-4-3-5-9-18/h6-7,10,13,19H,3-5,8-9,11H2,1-2H3,(H,17,20). The summed E-state index contributed by atoms with van der Waals surface area (Å²) in [6.07, 6.45) is 3.85. The number of phenols is 1. The lowest BCUT2D eigenvalue weighted by Gasteiger charge is -2.29. The van der Waals surface area contributed by atoms with E-state index in [0.717, 1.165) is 25.2 Å². The molecule has 1 atom stereocenters. The number of piperidine rings is 1. The first-order valence-corrected chi connectivity index (χ1v) is 7.39. The van der Waals surface area contributed by atoms with Gasteiger partial charge in [-0.25, -0.2) is 0 Å². The van der Waals surface area contributed by atoms with E-state index in [1.807, 2.05) is 13.8 Å². The Kier molecular flexibility index (Phi) is 5.01. The molecule has 0 bridgehead atoms. The summed E-state index contributed by atoms with van der Waals surface area (Å²) in [5, 5.41) is 12.4. The molecule has 110 valence electrons. The third-order valence-electron chi connectivity index (χ3n) is 3.81. The second-order valence-corrected chi connectivity index (χ2v) is 5.74. The molecule has 1 fully saturated rings. The fraction of sp³-hybridized carbons (Fsp3) is 0.562. The van der Waals surface area contributed by atoms with Gasteiger partial charge in [0.25, 0.3) is 5.91 Å². The average molecular weight is 276 g/mol. The normalized spacial score (nSPS) is 17.7. The molecule has 1 aromatic rings. The summed E-state index contributed by atoms with van der Waals surface area (Å²) in [6.45, 7) is 7.06. The van der Waals surface area contributed by atoms with Crippen LogP contribution in [0, 0.1) is 6.92 Å². The minimum atomic E-state index is -0.0630. The molecule has 1 saturated heterocycles. The molecule has 0 saturated carbocycles. The SMILES string of the molecule is Cc1cc(O)ccc1C(=O)NC(C)CN1CCCCC1. The highest BCUT2D eigenvalue weighted by molar-refractivity contribution is 5.95. The average Bonchev–Trinajstić information content (AvgIpc) is 2.39. The van der Waals surface area contributed by atoms with Gasteiger partial charge in [-0.15, -0.1) is 0 Å². The zero-order chi connectivity index (χ0) is 14.5. The topological polar surface area (TPSA) is 52.6 Å². The molecule has 1 amide bonds. The Labute approximate surface area is 120 Å². The van der Waals surface area contributed by atoms with E-state index < -0.39 is 0 Å². The molecule has 0 radical (unpaired) electrons. The molecule has 1 aromatic carbocycles. The van der Waals surface area contributed by atoms with Gasteiger partial charge < -0.3 is 15.3 Å². The smallest absolute Gasteiger partial charge is 0.251 e. The Balaban J connectivity index is 1.89. The van der Waals surface area contributed by atoms with Gasteiger partial charge in [0.2, 0.25) is 0 Å². The Bertz CT molecular complexity index is 468. The fourth-order valence-corrected chi connectivity index (χ4v) is 2.78. The monoisotopic (exact) mass is 276 g/mol. The number of nitrogens with zero attached hydrogens (tertiary/aromatic N) is 1. The predicted octanol–water partition coefficient (Wildman–Crippen LogP) is 2.30. The second kappa shape index (κ2) is 6.75. The van der Waals surface area contributed by atoms with Crippen molar-refractivity contribution in [2.45, 2.75) is 39.2 Å². The van der Waals surface area contributed by atoms with Gasteiger partial charge in [0.1, 0.15) is 5.75 Å². The molecular formula is C16H24N2O2. The van der Waals surface area contributed by atoms with Crippen LogP contribution in [0.2, 0.25) is 0 Å². The third-order valence-corrected chi connectivity index (χ3v) is 3.81. The minimum Gasteiger partial charge on any atom is -0.508 e. The number of aromatic hydroxyl groups is 1. The maximum Gasteiger partial charge on any atom is 0.251 e. The Morgan fingerprint density at radius 3 is 2.70 bits per heavy atom. The van der Waals surface area contributed by atoms with Crippen LogP contribution < -0.4 is 5.32 Å². The molecule has 0 aromatic heterocycles. The quantitative estimate of drug-likeness (QED) is 0.887. The van der Waals surface area contributed by atoms with Crippen molar-refractivity contribution < 1.29 is 9.90 Å². The summed E-state index contributed by atoms with van der Waals surface area (Å²) in [7, 11) is 0. The number of amides is 1. The lowest BCUT2D eigenvalue weighted by molar-refractivity contribution is 0.0925. The first kappa shape index (κ1) is 14.9. The number of carbonyl (C=O) groups excluding carboxylic acids is 1. The number of hydrogen-bond donors (Lipinski definition) is 2. The second-order valence-electron chi connectivity index (χ2n) is 5.74. The molecule has 2 N–H and O–H groups in total. The maximum absolute atomic E-state index is 12.2. The molecule has 1 unspecified atom stereocenters. The highest BCUT2D eigenvalue weighted by Crippen LogP contribution is 2.16. The largest absolute Gasteiger partial charge is 0.508 e. The number of likely N-dealkylation sites (tertiary alicyclic amines) is 1. The highest BCUT2D eigenvalue weighted by atomic mass is 16.3. The van der Waals surface area contributed by atoms with Crippen molar-refractivity contribution in [1.29, 1.82) is 0 Å². The van der Waals surface area contributed by atoms with E-state index >= 15 is 0 Å². The van der Waals surface area contributed by atoms with E-state index in [9.17, 15) is 9.90 Å². The van der Waals surface area contributed by atoms with Crippen molar-refractivity contribution >= 4 is 5.91 Å². The van der Waals surface area contributed by atoms with E-state index in [2.05, 4.69) is 10.2 Å². The van der Waals surface area contributed by atoms with Crippen LogP contribution in [-0.4, -0.2) is 41.6 Å². The van der Waals surface area contributed by atoms with Gasteiger partial charge in [0, 0.05) is 18.2 Å². The lowest BCUT2D eigenvalue weighted by atomic mass is 10.1. The van der Waals surface area contributed by atoms with Crippen molar-refractivity contribution in [3.05, 3.63) is 29.3 Å². The van der Waals surface area contributed by atoms with E-state index in [1.54, 1.807) is 18.2 Å². The Hall–Kier alpha value is -1.55. The van der Waals surface area contributed by atoms with E-state index in [4.69, 9.17) is 0 Å². The van der Waals surface area contributed by atoms with Crippen molar-refractivity contribution in [2.75, 3.05) is 19.6 Å². The van der Waals surface area contributed by atoms with Crippen LogP contribution >= 0.6 is 0 Å². The van der Waals surface area contributed by atoms with Gasteiger partial charge in [-0.05, 0) is 63.5 Å². The Morgan fingerprint density at radius 1 is 1.35 bits per heavy atom. The lowest BCUT2D eigenvalue weighted by Crippen LogP contribution is -2.43. The number of nitrogens with one attached hydrogen (secondary N) is 1. The Morgan fingerprint density at radius 2 is 2.05 bits per heavy atom. The summed E-state index contributed by atoms with van der Waals surface area (Å²) in [4.78, 5) is 14.6. The molecule has 4 heteroatoms. The van der Waals surface area contributed by atoms with Crippen molar-refractivity contribution in [1.82, 2.24) is 10.2 Å². The van der Waals surface area contributed by atoms with Gasteiger partial charge in [0.15, 0.2) is 0 Å². The number of aryl methyl sites for hydroxylation is 1. The predicted molar refractivity (Wildman–Crippen MR) is 80.1 cm³/mol. The van der Waals surface area contributed by atoms with Crippen LogP contribution in [-0.2, 0) is 0 Å². The van der Waals surface area contributed by atoms with Gasteiger partial charge in [0.05, 0.1) is 0 Å². The van der Waals surface area contributed by atoms with Crippen LogP contribution in [0.25, 0.3) is 0 Å². The van der Waals surface area contributed by atoms with Gasteiger partial charge in [-0.1, -0.05) is 6.42 Å². The van der Waals surface area contributed by atoms with Crippen LogP contribution in [0.4, 0.5) is 0 Å². The first-order chi connectivity index (χ1) is 9.56. The maximum atomic E-state index is 12.2. The number of rotatable bonds is 4.